The van der Waals surface area contributed by atoms with E-state index in [9.17, 15) is 13.2 Å². The second-order valence-corrected chi connectivity index (χ2v) is 10.9. The average molecular weight is 454 g/mol. The van der Waals surface area contributed by atoms with Crippen LogP contribution in [0.5, 0.6) is 0 Å². The molecule has 0 radical (unpaired) electrons. The molecular formula is C20H17Cl2NO3S2. The monoisotopic (exact) mass is 453 g/mol. The van der Waals surface area contributed by atoms with Crippen LogP contribution in [0.25, 0.3) is 10.1 Å². The van der Waals surface area contributed by atoms with Crippen LogP contribution < -0.4 is 0 Å². The van der Waals surface area contributed by atoms with Gasteiger partial charge >= 0.3 is 0 Å². The molecule has 1 atom stereocenters. The number of fused-ring (bicyclic) bond motifs is 1. The van der Waals surface area contributed by atoms with Crippen LogP contribution in [-0.4, -0.2) is 36.8 Å². The van der Waals surface area contributed by atoms with Gasteiger partial charge in [-0.2, -0.15) is 0 Å². The molecule has 1 fully saturated rings. The smallest absolute Gasteiger partial charge is 0.266 e. The van der Waals surface area contributed by atoms with Gasteiger partial charge in [0.2, 0.25) is 0 Å². The van der Waals surface area contributed by atoms with Gasteiger partial charge in [-0.1, -0.05) is 59.6 Å². The Morgan fingerprint density at radius 3 is 2.50 bits per heavy atom. The summed E-state index contributed by atoms with van der Waals surface area (Å²) in [6.07, 6.45) is 0.435. The molecule has 1 aliphatic heterocycles. The average Bonchev–Trinajstić information content (AvgIpc) is 3.20. The third kappa shape index (κ3) is 3.79. The molecule has 0 N–H and O–H groups in total. The lowest BCUT2D eigenvalue weighted by Gasteiger charge is -2.28. The van der Waals surface area contributed by atoms with Crippen molar-refractivity contribution in [2.45, 2.75) is 19.0 Å². The van der Waals surface area contributed by atoms with Crippen molar-refractivity contribution in [2.75, 3.05) is 11.5 Å². The van der Waals surface area contributed by atoms with E-state index in [4.69, 9.17) is 23.2 Å². The van der Waals surface area contributed by atoms with Crippen LogP contribution in [0.1, 0.15) is 21.7 Å². The normalized spacial score (nSPS) is 18.4. The summed E-state index contributed by atoms with van der Waals surface area (Å²) in [6.45, 7) is 0.332. The van der Waals surface area contributed by atoms with Crippen molar-refractivity contribution in [3.8, 4) is 0 Å². The number of sulfone groups is 1. The van der Waals surface area contributed by atoms with Crippen molar-refractivity contribution < 1.29 is 13.2 Å². The first-order chi connectivity index (χ1) is 13.4. The molecule has 4 rings (SSSR count). The molecule has 28 heavy (non-hydrogen) atoms. The summed E-state index contributed by atoms with van der Waals surface area (Å²) in [6, 6.07) is 14.6. The zero-order chi connectivity index (χ0) is 19.9. The maximum absolute atomic E-state index is 13.5. The second kappa shape index (κ2) is 7.67. The number of carbonyl (C=O) groups excluding carboxylic acids is 1. The lowest BCUT2D eigenvalue weighted by Crippen LogP contribution is -2.40. The molecule has 4 nitrogen and oxygen atoms in total. The molecule has 146 valence electrons. The molecule has 0 unspecified atom stereocenters. The van der Waals surface area contributed by atoms with Crippen LogP contribution in [0, 0.1) is 0 Å². The van der Waals surface area contributed by atoms with Gasteiger partial charge in [-0.15, -0.1) is 11.3 Å². The van der Waals surface area contributed by atoms with Crippen molar-refractivity contribution in [1.29, 1.82) is 0 Å². The number of amides is 1. The summed E-state index contributed by atoms with van der Waals surface area (Å²) in [7, 11) is -3.13. The molecule has 0 aliphatic carbocycles. The zero-order valence-corrected chi connectivity index (χ0v) is 17.9. The number of thiophene rings is 1. The van der Waals surface area contributed by atoms with Crippen LogP contribution in [0.15, 0.2) is 48.5 Å². The highest BCUT2D eigenvalue weighted by Gasteiger charge is 2.36. The fourth-order valence-electron chi connectivity index (χ4n) is 3.51. The zero-order valence-electron chi connectivity index (χ0n) is 14.8. The number of rotatable bonds is 4. The van der Waals surface area contributed by atoms with Gasteiger partial charge in [0, 0.05) is 22.7 Å². The maximum atomic E-state index is 13.5. The van der Waals surface area contributed by atoms with Gasteiger partial charge in [0.15, 0.2) is 9.84 Å². The Kier molecular flexibility index (Phi) is 5.40. The van der Waals surface area contributed by atoms with E-state index in [1.165, 1.54) is 11.3 Å². The molecule has 1 aliphatic rings. The number of carbonyl (C=O) groups is 1. The third-order valence-corrected chi connectivity index (χ3v) is 8.60. The molecule has 0 saturated carbocycles. The standard InChI is InChI=1S/C20H17Cl2NO3S2/c21-15-7-4-8-16-17(15)18(22)19(27-16)20(24)23(11-13-5-2-1-3-6-13)14-9-10-28(25,26)12-14/h1-8,14H,9-12H2/t14-/m0/s1. The van der Waals surface area contributed by atoms with E-state index < -0.39 is 9.84 Å². The van der Waals surface area contributed by atoms with Gasteiger partial charge in [-0.25, -0.2) is 8.42 Å². The Bertz CT molecular complexity index is 1140. The third-order valence-electron chi connectivity index (χ3n) is 4.91. The maximum Gasteiger partial charge on any atom is 0.266 e. The number of hydrogen-bond donors (Lipinski definition) is 0. The number of benzene rings is 2. The van der Waals surface area contributed by atoms with E-state index in [1.54, 1.807) is 11.0 Å². The Balaban J connectivity index is 1.75. The summed E-state index contributed by atoms with van der Waals surface area (Å²) in [5.74, 6) is -0.176. The summed E-state index contributed by atoms with van der Waals surface area (Å²) in [4.78, 5) is 15.5. The molecule has 0 spiro atoms. The summed E-state index contributed by atoms with van der Waals surface area (Å²) in [5.41, 5.74) is 0.940. The Labute approximate surface area is 177 Å². The molecule has 1 aromatic heterocycles. The Morgan fingerprint density at radius 2 is 1.86 bits per heavy atom. The number of nitrogens with zero attached hydrogens (tertiary/aromatic N) is 1. The molecule has 3 aromatic rings. The summed E-state index contributed by atoms with van der Waals surface area (Å²) >= 11 is 14.1. The van der Waals surface area contributed by atoms with Gasteiger partial charge in [0.25, 0.3) is 5.91 Å². The Morgan fingerprint density at radius 1 is 1.11 bits per heavy atom. The van der Waals surface area contributed by atoms with E-state index in [1.807, 2.05) is 42.5 Å². The van der Waals surface area contributed by atoms with Crippen molar-refractivity contribution in [2.24, 2.45) is 0 Å². The summed E-state index contributed by atoms with van der Waals surface area (Å²) in [5, 5.41) is 1.49. The van der Waals surface area contributed by atoms with Crippen molar-refractivity contribution in [1.82, 2.24) is 4.90 Å². The first kappa shape index (κ1) is 19.7. The van der Waals surface area contributed by atoms with E-state index in [0.29, 0.717) is 33.3 Å². The molecule has 1 amide bonds. The van der Waals surface area contributed by atoms with E-state index in [2.05, 4.69) is 0 Å². The van der Waals surface area contributed by atoms with Crippen molar-refractivity contribution in [3.63, 3.8) is 0 Å². The van der Waals surface area contributed by atoms with Gasteiger partial charge in [-0.3, -0.25) is 4.79 Å². The van der Waals surface area contributed by atoms with Gasteiger partial charge in [0.1, 0.15) is 4.88 Å². The second-order valence-electron chi connectivity index (χ2n) is 6.83. The van der Waals surface area contributed by atoms with Gasteiger partial charge in [-0.05, 0) is 24.1 Å². The quantitative estimate of drug-likeness (QED) is 0.555. The van der Waals surface area contributed by atoms with Crippen LogP contribution in [0.4, 0.5) is 0 Å². The molecule has 2 heterocycles. The van der Waals surface area contributed by atoms with Crippen LogP contribution in [-0.2, 0) is 16.4 Å². The SMILES string of the molecule is O=C(c1sc2cccc(Cl)c2c1Cl)N(Cc1ccccc1)[C@H]1CCS(=O)(=O)C1. The molecule has 0 bridgehead atoms. The highest BCUT2D eigenvalue weighted by Crippen LogP contribution is 2.40. The molecule has 8 heteroatoms. The van der Waals surface area contributed by atoms with Crippen molar-refractivity contribution in [3.05, 3.63) is 69.0 Å². The first-order valence-corrected chi connectivity index (χ1v) is 12.2. The van der Waals surface area contributed by atoms with E-state index in [0.717, 1.165) is 10.3 Å². The lowest BCUT2D eigenvalue weighted by atomic mass is 10.1. The minimum Gasteiger partial charge on any atom is -0.330 e. The van der Waals surface area contributed by atoms with Crippen molar-refractivity contribution >= 4 is 60.4 Å². The molecule has 2 aromatic carbocycles. The van der Waals surface area contributed by atoms with Crippen LogP contribution in [0.3, 0.4) is 0 Å². The fraction of sp³-hybridized carbons (Fsp3) is 0.250. The Hall–Kier alpha value is -1.60. The lowest BCUT2D eigenvalue weighted by molar-refractivity contribution is 0.0686. The van der Waals surface area contributed by atoms with E-state index in [-0.39, 0.29) is 23.5 Å². The fourth-order valence-corrected chi connectivity index (χ4v) is 7.14. The predicted molar refractivity (Wildman–Crippen MR) is 115 cm³/mol. The van der Waals surface area contributed by atoms with Crippen LogP contribution >= 0.6 is 34.5 Å². The largest absolute Gasteiger partial charge is 0.330 e. The van der Waals surface area contributed by atoms with Gasteiger partial charge < -0.3 is 4.90 Å². The minimum atomic E-state index is -3.13. The molecule has 1 saturated heterocycles. The highest BCUT2D eigenvalue weighted by atomic mass is 35.5. The van der Waals surface area contributed by atoms with Gasteiger partial charge in [0.05, 0.1) is 21.6 Å². The minimum absolute atomic E-state index is 0.0190. The highest BCUT2D eigenvalue weighted by molar-refractivity contribution is 7.91. The van der Waals surface area contributed by atoms with Crippen LogP contribution in [0.2, 0.25) is 10.0 Å². The number of hydrogen-bond acceptors (Lipinski definition) is 4. The topological polar surface area (TPSA) is 54.5 Å². The molecular weight excluding hydrogens is 437 g/mol. The van der Waals surface area contributed by atoms with E-state index >= 15 is 0 Å². The predicted octanol–water partition coefficient (Wildman–Crippen LogP) is 5.04. The summed E-state index contributed by atoms with van der Waals surface area (Å²) < 4.78 is 24.9. The first-order valence-electron chi connectivity index (χ1n) is 8.77. The number of halogens is 2.